The standard InChI is InChI=1S/C24H19N5O6/c1-29(24(34)35-2)19-10-20(30)17(9-15(19)14-4-3-7-27-12-14)21(26)22(31)28-18-6-5-13(11-25)8-16(18)23(32)33/h3-10,12,26,30H,1-2H3,(H,28,31)(H,32,33). The van der Waals surface area contributed by atoms with Gasteiger partial charge in [-0.15, -0.1) is 0 Å². The number of carbonyl (C=O) groups excluding carboxylic acids is 2. The van der Waals surface area contributed by atoms with E-state index in [1.54, 1.807) is 18.3 Å². The van der Waals surface area contributed by atoms with Crippen molar-refractivity contribution in [3.05, 3.63) is 71.5 Å². The number of phenolic OH excluding ortho intramolecular Hbond substituents is 1. The van der Waals surface area contributed by atoms with E-state index in [0.717, 1.165) is 11.0 Å². The zero-order valence-corrected chi connectivity index (χ0v) is 18.6. The van der Waals surface area contributed by atoms with E-state index in [1.165, 1.54) is 44.6 Å². The Labute approximate surface area is 199 Å². The number of anilines is 2. The maximum Gasteiger partial charge on any atom is 0.413 e. The number of aromatic nitrogens is 1. The summed E-state index contributed by atoms with van der Waals surface area (Å²) >= 11 is 0. The first-order valence-corrected chi connectivity index (χ1v) is 9.94. The third kappa shape index (κ3) is 5.07. The minimum absolute atomic E-state index is 0.0829. The molecule has 0 aliphatic heterocycles. The number of hydrogen-bond acceptors (Lipinski definition) is 8. The number of phenols is 1. The average Bonchev–Trinajstić information content (AvgIpc) is 2.87. The SMILES string of the molecule is COC(=O)N(C)c1cc(O)c(C(=N)C(=O)Nc2ccc(C#N)cc2C(=O)O)cc1-c1cccnc1. The molecular formula is C24H19N5O6. The molecule has 3 aromatic rings. The predicted molar refractivity (Wildman–Crippen MR) is 126 cm³/mol. The molecule has 0 aliphatic rings. The number of carbonyl (C=O) groups is 3. The summed E-state index contributed by atoms with van der Waals surface area (Å²) in [5, 5.41) is 39.7. The van der Waals surface area contributed by atoms with Crippen LogP contribution >= 0.6 is 0 Å². The van der Waals surface area contributed by atoms with Gasteiger partial charge in [-0.1, -0.05) is 6.07 Å². The van der Waals surface area contributed by atoms with Gasteiger partial charge in [0.05, 0.1) is 35.7 Å². The van der Waals surface area contributed by atoms with Crippen LogP contribution in [-0.4, -0.2) is 53.0 Å². The van der Waals surface area contributed by atoms with Crippen molar-refractivity contribution >= 4 is 35.1 Å². The number of amides is 2. The molecule has 0 saturated heterocycles. The van der Waals surface area contributed by atoms with Crippen LogP contribution in [0.1, 0.15) is 21.5 Å². The molecule has 11 heteroatoms. The van der Waals surface area contributed by atoms with Crippen LogP contribution in [0.2, 0.25) is 0 Å². The monoisotopic (exact) mass is 473 g/mol. The van der Waals surface area contributed by atoms with E-state index in [1.807, 2.05) is 6.07 Å². The lowest BCUT2D eigenvalue weighted by Gasteiger charge is -2.21. The molecule has 35 heavy (non-hydrogen) atoms. The number of benzene rings is 2. The van der Waals surface area contributed by atoms with Crippen LogP contribution in [0.25, 0.3) is 11.1 Å². The summed E-state index contributed by atoms with van der Waals surface area (Å²) in [5.74, 6) is -2.85. The number of carboxylic acids is 1. The molecule has 11 nitrogen and oxygen atoms in total. The molecule has 0 fully saturated rings. The number of nitrogens with one attached hydrogen (secondary N) is 2. The van der Waals surface area contributed by atoms with Gasteiger partial charge in [-0.05, 0) is 30.3 Å². The number of hydrogen-bond donors (Lipinski definition) is 4. The van der Waals surface area contributed by atoms with Gasteiger partial charge in [0, 0.05) is 42.2 Å². The minimum Gasteiger partial charge on any atom is -0.507 e. The van der Waals surface area contributed by atoms with E-state index >= 15 is 0 Å². The van der Waals surface area contributed by atoms with Crippen LogP contribution in [0.4, 0.5) is 16.2 Å². The highest BCUT2D eigenvalue weighted by Gasteiger charge is 2.24. The average molecular weight is 473 g/mol. The Hall–Kier alpha value is -5.24. The molecule has 3 rings (SSSR count). The molecule has 0 atom stereocenters. The summed E-state index contributed by atoms with van der Waals surface area (Å²) in [6.07, 6.45) is 2.34. The smallest absolute Gasteiger partial charge is 0.413 e. The van der Waals surface area contributed by atoms with E-state index in [-0.39, 0.29) is 28.1 Å². The summed E-state index contributed by atoms with van der Waals surface area (Å²) in [6.45, 7) is 0. The lowest BCUT2D eigenvalue weighted by Crippen LogP contribution is -2.27. The van der Waals surface area contributed by atoms with Gasteiger partial charge in [0.15, 0.2) is 0 Å². The molecule has 0 radical (unpaired) electrons. The largest absolute Gasteiger partial charge is 0.507 e. The quantitative estimate of drug-likeness (QED) is 0.394. The molecule has 0 bridgehead atoms. The van der Waals surface area contributed by atoms with Gasteiger partial charge >= 0.3 is 12.1 Å². The first-order chi connectivity index (χ1) is 16.7. The maximum atomic E-state index is 12.8. The van der Waals surface area contributed by atoms with Crippen molar-refractivity contribution in [2.24, 2.45) is 0 Å². The normalized spacial score (nSPS) is 10.1. The van der Waals surface area contributed by atoms with Crippen LogP contribution in [0, 0.1) is 16.7 Å². The second kappa shape index (κ2) is 10.1. The van der Waals surface area contributed by atoms with Crippen molar-refractivity contribution in [3.8, 4) is 22.9 Å². The Morgan fingerprint density at radius 3 is 2.51 bits per heavy atom. The van der Waals surface area contributed by atoms with Crippen LogP contribution in [-0.2, 0) is 9.53 Å². The van der Waals surface area contributed by atoms with Crippen LogP contribution in [0.15, 0.2) is 54.9 Å². The highest BCUT2D eigenvalue weighted by molar-refractivity contribution is 6.48. The zero-order chi connectivity index (χ0) is 25.7. The van der Waals surface area contributed by atoms with Gasteiger partial charge in [-0.25, -0.2) is 9.59 Å². The number of pyridine rings is 1. The fourth-order valence-corrected chi connectivity index (χ4v) is 3.25. The number of rotatable bonds is 6. The highest BCUT2D eigenvalue weighted by Crippen LogP contribution is 2.36. The third-order valence-electron chi connectivity index (χ3n) is 5.02. The Morgan fingerprint density at radius 1 is 1.17 bits per heavy atom. The van der Waals surface area contributed by atoms with Crippen molar-refractivity contribution in [1.82, 2.24) is 4.98 Å². The number of aromatic hydroxyl groups is 1. The second-order valence-electron chi connectivity index (χ2n) is 7.16. The fraction of sp³-hybridized carbons (Fsp3) is 0.0833. The van der Waals surface area contributed by atoms with Crippen molar-refractivity contribution < 1.29 is 29.3 Å². The van der Waals surface area contributed by atoms with E-state index in [9.17, 15) is 24.6 Å². The molecular weight excluding hydrogens is 454 g/mol. The van der Waals surface area contributed by atoms with Crippen molar-refractivity contribution in [2.45, 2.75) is 0 Å². The Kier molecular flexibility index (Phi) is 7.07. The molecule has 2 amide bonds. The van der Waals surface area contributed by atoms with Gasteiger partial charge in [0.25, 0.3) is 5.91 Å². The number of carboxylic acid groups (broad SMARTS) is 1. The van der Waals surface area contributed by atoms with Crippen molar-refractivity contribution in [3.63, 3.8) is 0 Å². The number of nitriles is 1. The number of aromatic carboxylic acids is 1. The van der Waals surface area contributed by atoms with Crippen LogP contribution in [0.3, 0.4) is 0 Å². The van der Waals surface area contributed by atoms with E-state index in [0.29, 0.717) is 11.1 Å². The summed E-state index contributed by atoms with van der Waals surface area (Å²) in [7, 11) is 2.63. The Balaban J connectivity index is 2.04. The molecule has 0 unspecified atom stereocenters. The van der Waals surface area contributed by atoms with Crippen LogP contribution < -0.4 is 10.2 Å². The number of nitrogens with zero attached hydrogens (tertiary/aromatic N) is 3. The highest BCUT2D eigenvalue weighted by atomic mass is 16.5. The lowest BCUT2D eigenvalue weighted by molar-refractivity contribution is -0.110. The predicted octanol–water partition coefficient (Wildman–Crippen LogP) is 3.23. The molecule has 2 aromatic carbocycles. The van der Waals surface area contributed by atoms with Gasteiger partial charge in [-0.2, -0.15) is 5.26 Å². The molecule has 176 valence electrons. The summed E-state index contributed by atoms with van der Waals surface area (Å²) in [5.41, 5.74) is -0.0664. The zero-order valence-electron chi connectivity index (χ0n) is 18.6. The van der Waals surface area contributed by atoms with Gasteiger partial charge in [0.2, 0.25) is 0 Å². The molecule has 1 aromatic heterocycles. The first-order valence-electron chi connectivity index (χ1n) is 9.94. The summed E-state index contributed by atoms with van der Waals surface area (Å²) < 4.78 is 4.74. The first kappa shape index (κ1) is 24.4. The van der Waals surface area contributed by atoms with E-state index < -0.39 is 29.4 Å². The number of ether oxygens (including phenoxy) is 1. The van der Waals surface area contributed by atoms with Gasteiger partial charge in [0.1, 0.15) is 11.5 Å². The third-order valence-corrected chi connectivity index (χ3v) is 5.02. The Morgan fingerprint density at radius 2 is 1.91 bits per heavy atom. The van der Waals surface area contributed by atoms with Crippen molar-refractivity contribution in [1.29, 1.82) is 10.7 Å². The molecule has 0 spiro atoms. The van der Waals surface area contributed by atoms with Crippen LogP contribution in [0.5, 0.6) is 5.75 Å². The Bertz CT molecular complexity index is 1380. The number of methoxy groups -OCH3 is 1. The maximum absolute atomic E-state index is 12.8. The van der Waals surface area contributed by atoms with E-state index in [2.05, 4.69) is 10.3 Å². The minimum atomic E-state index is -1.37. The van der Waals surface area contributed by atoms with E-state index in [4.69, 9.17) is 15.4 Å². The summed E-state index contributed by atoms with van der Waals surface area (Å²) in [4.78, 5) is 41.7. The summed E-state index contributed by atoms with van der Waals surface area (Å²) in [6, 6.07) is 11.4. The second-order valence-corrected chi connectivity index (χ2v) is 7.16. The van der Waals surface area contributed by atoms with Gasteiger partial charge in [-0.3, -0.25) is 20.1 Å². The fourth-order valence-electron chi connectivity index (χ4n) is 3.25. The molecule has 0 aliphatic carbocycles. The topological polar surface area (TPSA) is 177 Å². The van der Waals surface area contributed by atoms with Crippen molar-refractivity contribution in [2.75, 3.05) is 24.4 Å². The molecule has 4 N–H and O–H groups in total. The molecule has 0 saturated carbocycles. The lowest BCUT2D eigenvalue weighted by atomic mass is 9.98. The van der Waals surface area contributed by atoms with Gasteiger partial charge < -0.3 is 20.3 Å². The molecule has 1 heterocycles.